The third kappa shape index (κ3) is 3.29. The molecule has 0 atom stereocenters. The molecule has 0 saturated heterocycles. The summed E-state index contributed by atoms with van der Waals surface area (Å²) in [6.45, 7) is 3.12. The molecule has 0 aliphatic rings. The van der Waals surface area contributed by atoms with E-state index in [2.05, 4.69) is 52.9 Å². The van der Waals surface area contributed by atoms with Crippen molar-refractivity contribution >= 4 is 5.95 Å². The summed E-state index contributed by atoms with van der Waals surface area (Å²) < 4.78 is 2.16. The Morgan fingerprint density at radius 2 is 1.48 bits per heavy atom. The van der Waals surface area contributed by atoms with Crippen molar-refractivity contribution in [1.82, 2.24) is 9.55 Å². The van der Waals surface area contributed by atoms with Gasteiger partial charge < -0.3 is 10.3 Å². The predicted molar refractivity (Wildman–Crippen MR) is 97.0 cm³/mol. The number of hydrogen-bond acceptors (Lipinski definition) is 2. The van der Waals surface area contributed by atoms with Crippen molar-refractivity contribution in [3.05, 3.63) is 60.7 Å². The summed E-state index contributed by atoms with van der Waals surface area (Å²) in [5, 5.41) is 0. The topological polar surface area (TPSA) is 43.8 Å². The summed E-state index contributed by atoms with van der Waals surface area (Å²) in [4.78, 5) is 4.68. The van der Waals surface area contributed by atoms with E-state index < -0.39 is 0 Å². The molecule has 3 heteroatoms. The van der Waals surface area contributed by atoms with E-state index in [1.54, 1.807) is 0 Å². The number of nitrogens with two attached hydrogens (primary N) is 1. The fourth-order valence-corrected chi connectivity index (χ4v) is 2.90. The average molecular weight is 305 g/mol. The molecule has 0 saturated carbocycles. The molecule has 0 aliphatic carbocycles. The number of benzene rings is 2. The van der Waals surface area contributed by atoms with Crippen molar-refractivity contribution < 1.29 is 0 Å². The van der Waals surface area contributed by atoms with E-state index in [1.165, 1.54) is 12.8 Å². The zero-order valence-corrected chi connectivity index (χ0v) is 13.6. The van der Waals surface area contributed by atoms with Crippen LogP contribution < -0.4 is 5.73 Å². The van der Waals surface area contributed by atoms with Crippen LogP contribution in [0.4, 0.5) is 5.95 Å². The highest BCUT2D eigenvalue weighted by atomic mass is 15.2. The molecule has 0 bridgehead atoms. The number of nitrogens with zero attached hydrogens (tertiary/aromatic N) is 2. The minimum absolute atomic E-state index is 0.596. The summed E-state index contributed by atoms with van der Waals surface area (Å²) in [5.74, 6) is 0.596. The Labute approximate surface area is 137 Å². The van der Waals surface area contributed by atoms with Gasteiger partial charge in [0.25, 0.3) is 0 Å². The zero-order chi connectivity index (χ0) is 16.1. The monoisotopic (exact) mass is 305 g/mol. The Hall–Kier alpha value is -2.55. The summed E-state index contributed by atoms with van der Waals surface area (Å²) in [5.41, 5.74) is 10.6. The predicted octanol–water partition coefficient (Wildman–Crippen LogP) is 4.99. The van der Waals surface area contributed by atoms with E-state index in [4.69, 9.17) is 5.73 Å². The Balaban J connectivity index is 2.11. The smallest absolute Gasteiger partial charge is 0.201 e. The van der Waals surface area contributed by atoms with Gasteiger partial charge >= 0.3 is 0 Å². The second-order valence-corrected chi connectivity index (χ2v) is 5.76. The summed E-state index contributed by atoms with van der Waals surface area (Å²) in [6, 6.07) is 20.7. The van der Waals surface area contributed by atoms with Crippen LogP contribution in [0.15, 0.2) is 60.7 Å². The van der Waals surface area contributed by atoms with Crippen LogP contribution in [0.1, 0.15) is 26.2 Å². The standard InChI is InChI=1S/C20H23N3/c1-2-3-10-15-23-19(17-13-8-5-9-14-17)18(22-20(23)21)16-11-6-4-7-12-16/h4-9,11-14H,2-3,10,15H2,1H3,(H2,21,22). The second-order valence-electron chi connectivity index (χ2n) is 5.76. The number of aromatic nitrogens is 2. The highest BCUT2D eigenvalue weighted by molar-refractivity contribution is 5.80. The van der Waals surface area contributed by atoms with Gasteiger partial charge in [-0.3, -0.25) is 0 Å². The summed E-state index contributed by atoms with van der Waals surface area (Å²) in [7, 11) is 0. The van der Waals surface area contributed by atoms with Gasteiger partial charge in [-0.2, -0.15) is 0 Å². The van der Waals surface area contributed by atoms with Crippen LogP contribution in [0.3, 0.4) is 0 Å². The molecule has 1 aromatic heterocycles. The molecule has 0 spiro atoms. The van der Waals surface area contributed by atoms with Crippen LogP contribution in [0.25, 0.3) is 22.5 Å². The van der Waals surface area contributed by atoms with Gasteiger partial charge in [0, 0.05) is 17.7 Å². The minimum atomic E-state index is 0.596. The number of hydrogen-bond donors (Lipinski definition) is 1. The first kappa shape index (κ1) is 15.3. The van der Waals surface area contributed by atoms with Crippen LogP contribution in [0.2, 0.25) is 0 Å². The fraction of sp³-hybridized carbons (Fsp3) is 0.250. The van der Waals surface area contributed by atoms with Gasteiger partial charge in [0.2, 0.25) is 5.95 Å². The Morgan fingerprint density at radius 3 is 2.09 bits per heavy atom. The van der Waals surface area contributed by atoms with E-state index in [1.807, 2.05) is 24.3 Å². The van der Waals surface area contributed by atoms with Gasteiger partial charge in [-0.1, -0.05) is 80.4 Å². The van der Waals surface area contributed by atoms with Crippen molar-refractivity contribution in [2.24, 2.45) is 0 Å². The highest BCUT2D eigenvalue weighted by Crippen LogP contribution is 2.33. The maximum Gasteiger partial charge on any atom is 0.201 e. The maximum atomic E-state index is 6.25. The first-order chi connectivity index (χ1) is 11.3. The molecule has 0 aliphatic heterocycles. The first-order valence-corrected chi connectivity index (χ1v) is 8.28. The lowest BCUT2D eigenvalue weighted by Crippen LogP contribution is -2.05. The van der Waals surface area contributed by atoms with Crippen molar-refractivity contribution in [2.45, 2.75) is 32.7 Å². The van der Waals surface area contributed by atoms with E-state index in [-0.39, 0.29) is 0 Å². The van der Waals surface area contributed by atoms with E-state index in [9.17, 15) is 0 Å². The van der Waals surface area contributed by atoms with E-state index in [0.717, 1.165) is 35.5 Å². The largest absolute Gasteiger partial charge is 0.369 e. The molecule has 2 aromatic carbocycles. The van der Waals surface area contributed by atoms with Gasteiger partial charge in [-0.25, -0.2) is 4.98 Å². The Bertz CT molecular complexity index is 745. The second kappa shape index (κ2) is 7.14. The lowest BCUT2D eigenvalue weighted by Gasteiger charge is -2.11. The quantitative estimate of drug-likeness (QED) is 0.652. The minimum Gasteiger partial charge on any atom is -0.369 e. The van der Waals surface area contributed by atoms with Gasteiger partial charge in [0.1, 0.15) is 0 Å². The molecule has 1 heterocycles. The SMILES string of the molecule is CCCCCn1c(N)nc(-c2ccccc2)c1-c1ccccc1. The number of anilines is 1. The summed E-state index contributed by atoms with van der Waals surface area (Å²) in [6.07, 6.45) is 3.51. The van der Waals surface area contributed by atoms with Crippen LogP contribution >= 0.6 is 0 Å². The van der Waals surface area contributed by atoms with Crippen molar-refractivity contribution in [3.8, 4) is 22.5 Å². The van der Waals surface area contributed by atoms with E-state index in [0.29, 0.717) is 5.95 Å². The van der Waals surface area contributed by atoms with Crippen LogP contribution in [-0.4, -0.2) is 9.55 Å². The number of nitrogen functional groups attached to an aromatic ring is 1. The summed E-state index contributed by atoms with van der Waals surface area (Å²) >= 11 is 0. The average Bonchev–Trinajstić information content (AvgIpc) is 2.93. The molecule has 2 N–H and O–H groups in total. The molecule has 3 aromatic rings. The molecule has 118 valence electrons. The normalized spacial score (nSPS) is 10.8. The van der Waals surface area contributed by atoms with Crippen LogP contribution in [0, 0.1) is 0 Å². The zero-order valence-electron chi connectivity index (χ0n) is 13.6. The lowest BCUT2D eigenvalue weighted by atomic mass is 10.0. The molecular formula is C20H23N3. The van der Waals surface area contributed by atoms with E-state index >= 15 is 0 Å². The molecule has 3 nitrogen and oxygen atoms in total. The van der Waals surface area contributed by atoms with Crippen molar-refractivity contribution in [1.29, 1.82) is 0 Å². The van der Waals surface area contributed by atoms with Gasteiger partial charge in [-0.15, -0.1) is 0 Å². The van der Waals surface area contributed by atoms with Gasteiger partial charge in [-0.05, 0) is 6.42 Å². The molecule has 0 unspecified atom stereocenters. The Kier molecular flexibility index (Phi) is 4.77. The first-order valence-electron chi connectivity index (χ1n) is 8.28. The third-order valence-corrected chi connectivity index (χ3v) is 4.08. The van der Waals surface area contributed by atoms with Gasteiger partial charge in [0.15, 0.2) is 0 Å². The van der Waals surface area contributed by atoms with Crippen LogP contribution in [0.5, 0.6) is 0 Å². The number of rotatable bonds is 6. The molecule has 0 fully saturated rings. The third-order valence-electron chi connectivity index (χ3n) is 4.08. The molecular weight excluding hydrogens is 282 g/mol. The van der Waals surface area contributed by atoms with Gasteiger partial charge in [0.05, 0.1) is 11.4 Å². The number of unbranched alkanes of at least 4 members (excludes halogenated alkanes) is 2. The molecule has 0 amide bonds. The molecule has 3 rings (SSSR count). The van der Waals surface area contributed by atoms with Crippen molar-refractivity contribution in [3.63, 3.8) is 0 Å². The molecule has 0 radical (unpaired) electrons. The van der Waals surface area contributed by atoms with Crippen LogP contribution in [-0.2, 0) is 6.54 Å². The maximum absolute atomic E-state index is 6.25. The Morgan fingerprint density at radius 1 is 0.870 bits per heavy atom. The fourth-order valence-electron chi connectivity index (χ4n) is 2.90. The number of imidazole rings is 1. The highest BCUT2D eigenvalue weighted by Gasteiger charge is 2.17. The molecule has 23 heavy (non-hydrogen) atoms. The van der Waals surface area contributed by atoms with Crippen molar-refractivity contribution in [2.75, 3.05) is 5.73 Å². The lowest BCUT2D eigenvalue weighted by molar-refractivity contribution is 0.611.